The molecule has 0 unspecified atom stereocenters. The first-order valence-corrected chi connectivity index (χ1v) is 8.05. The first-order valence-electron chi connectivity index (χ1n) is 8.05. The van der Waals surface area contributed by atoms with Crippen LogP contribution < -0.4 is 14.4 Å². The van der Waals surface area contributed by atoms with E-state index < -0.39 is 0 Å². The lowest BCUT2D eigenvalue weighted by atomic mass is 10.0. The average molecular weight is 322 g/mol. The van der Waals surface area contributed by atoms with Gasteiger partial charge in [0, 0.05) is 24.0 Å². The van der Waals surface area contributed by atoms with Crippen LogP contribution in [0.1, 0.15) is 16.7 Å². The summed E-state index contributed by atoms with van der Waals surface area (Å²) in [6, 6.07) is 12.2. The summed E-state index contributed by atoms with van der Waals surface area (Å²) in [5.41, 5.74) is 5.03. The van der Waals surface area contributed by atoms with E-state index in [0.29, 0.717) is 18.8 Å². The van der Waals surface area contributed by atoms with Crippen molar-refractivity contribution in [3.05, 3.63) is 47.0 Å². The normalized spacial score (nSPS) is 16.1. The van der Waals surface area contributed by atoms with Crippen molar-refractivity contribution in [1.82, 2.24) is 0 Å². The summed E-state index contributed by atoms with van der Waals surface area (Å²) in [7, 11) is 0. The van der Waals surface area contributed by atoms with E-state index in [0.717, 1.165) is 47.0 Å². The van der Waals surface area contributed by atoms with Crippen LogP contribution in [0.5, 0.6) is 11.5 Å². The number of benzene rings is 2. The molecule has 0 atom stereocenters. The second-order valence-electron chi connectivity index (χ2n) is 5.97. The Balaban J connectivity index is 1.81. The molecule has 2 aromatic carbocycles. The van der Waals surface area contributed by atoms with Crippen molar-refractivity contribution in [2.45, 2.75) is 13.3 Å². The number of anilines is 2. The Morgan fingerprint density at radius 3 is 2.92 bits per heavy atom. The Bertz CT molecular complexity index is 826. The van der Waals surface area contributed by atoms with E-state index >= 15 is 0 Å². The predicted octanol–water partition coefficient (Wildman–Crippen LogP) is 3.31. The van der Waals surface area contributed by atoms with E-state index in [-0.39, 0.29) is 6.79 Å². The Labute approximate surface area is 141 Å². The van der Waals surface area contributed by atoms with Gasteiger partial charge in [0.05, 0.1) is 24.8 Å². The molecule has 4 rings (SSSR count). The lowest BCUT2D eigenvalue weighted by Gasteiger charge is -2.30. The highest BCUT2D eigenvalue weighted by Gasteiger charge is 2.22. The second kappa shape index (κ2) is 6.06. The van der Waals surface area contributed by atoms with E-state index in [1.54, 1.807) is 0 Å². The summed E-state index contributed by atoms with van der Waals surface area (Å²) in [6.07, 6.45) is 0.797. The molecule has 0 fully saturated rings. The van der Waals surface area contributed by atoms with Gasteiger partial charge in [-0.1, -0.05) is 0 Å². The van der Waals surface area contributed by atoms with Gasteiger partial charge in [-0.25, -0.2) is 0 Å². The maximum Gasteiger partial charge on any atom is 0.231 e. The molecule has 2 heterocycles. The fourth-order valence-corrected chi connectivity index (χ4v) is 3.27. The minimum atomic E-state index is 0.269. The molecule has 0 aromatic heterocycles. The molecule has 0 aliphatic carbocycles. The molecule has 0 amide bonds. The molecule has 24 heavy (non-hydrogen) atoms. The van der Waals surface area contributed by atoms with Gasteiger partial charge >= 0.3 is 0 Å². The molecule has 0 N–H and O–H groups in total. The third-order valence-electron chi connectivity index (χ3n) is 4.43. The van der Waals surface area contributed by atoms with Crippen molar-refractivity contribution in [3.8, 4) is 17.6 Å². The second-order valence-corrected chi connectivity index (χ2v) is 5.97. The van der Waals surface area contributed by atoms with Crippen molar-refractivity contribution in [2.24, 2.45) is 0 Å². The third kappa shape index (κ3) is 2.55. The number of nitriles is 1. The van der Waals surface area contributed by atoms with Gasteiger partial charge in [-0.15, -0.1) is 0 Å². The summed E-state index contributed by atoms with van der Waals surface area (Å²) < 4.78 is 16.8. The molecule has 2 aromatic rings. The van der Waals surface area contributed by atoms with Gasteiger partial charge in [0.25, 0.3) is 0 Å². The quantitative estimate of drug-likeness (QED) is 0.806. The lowest BCUT2D eigenvalue weighted by Crippen LogP contribution is -2.26. The minimum Gasteiger partial charge on any atom is -0.454 e. The maximum atomic E-state index is 9.16. The predicted molar refractivity (Wildman–Crippen MR) is 90.0 cm³/mol. The molecule has 0 spiro atoms. The zero-order valence-electron chi connectivity index (χ0n) is 13.5. The van der Waals surface area contributed by atoms with Crippen LogP contribution in [0, 0.1) is 18.3 Å². The Morgan fingerprint density at radius 1 is 1.12 bits per heavy atom. The van der Waals surface area contributed by atoms with Gasteiger partial charge in [-0.2, -0.15) is 5.26 Å². The first kappa shape index (κ1) is 14.9. The highest BCUT2D eigenvalue weighted by atomic mass is 16.7. The molecule has 0 bridgehead atoms. The van der Waals surface area contributed by atoms with Crippen LogP contribution in [0.25, 0.3) is 0 Å². The van der Waals surface area contributed by atoms with Gasteiger partial charge in [0.1, 0.15) is 0 Å². The van der Waals surface area contributed by atoms with E-state index in [2.05, 4.69) is 17.0 Å². The molecule has 0 saturated heterocycles. The number of hydrogen-bond donors (Lipinski definition) is 0. The van der Waals surface area contributed by atoms with Crippen LogP contribution in [-0.4, -0.2) is 26.6 Å². The van der Waals surface area contributed by atoms with Crippen molar-refractivity contribution in [1.29, 1.82) is 5.26 Å². The van der Waals surface area contributed by atoms with Gasteiger partial charge in [-0.3, -0.25) is 0 Å². The standard InChI is InChI=1S/C19H18N2O3/c1-13-8-16(10-18-19(13)24-12-23-18)21-5-7-22-6-4-15-9-14(11-20)2-3-17(15)21/h2-3,8-10H,4-7,12H2,1H3. The number of ether oxygens (including phenoxy) is 3. The van der Waals surface area contributed by atoms with Crippen LogP contribution >= 0.6 is 0 Å². The molecule has 2 aliphatic rings. The summed E-state index contributed by atoms with van der Waals surface area (Å²) in [6.45, 7) is 4.38. The van der Waals surface area contributed by atoms with Crippen LogP contribution in [0.4, 0.5) is 11.4 Å². The minimum absolute atomic E-state index is 0.269. The fraction of sp³-hybridized carbons (Fsp3) is 0.316. The van der Waals surface area contributed by atoms with E-state index in [9.17, 15) is 0 Å². The van der Waals surface area contributed by atoms with E-state index in [1.165, 1.54) is 0 Å². The summed E-state index contributed by atoms with van der Waals surface area (Å²) in [5.74, 6) is 1.60. The zero-order valence-corrected chi connectivity index (χ0v) is 13.5. The molecular weight excluding hydrogens is 304 g/mol. The van der Waals surface area contributed by atoms with Crippen LogP contribution in [0.15, 0.2) is 30.3 Å². The van der Waals surface area contributed by atoms with Crippen LogP contribution in [0.2, 0.25) is 0 Å². The average Bonchev–Trinajstić information content (AvgIpc) is 3.04. The van der Waals surface area contributed by atoms with Crippen molar-refractivity contribution in [3.63, 3.8) is 0 Å². The number of hydrogen-bond acceptors (Lipinski definition) is 5. The lowest BCUT2D eigenvalue weighted by molar-refractivity contribution is 0.142. The number of aryl methyl sites for hydroxylation is 1. The van der Waals surface area contributed by atoms with Crippen molar-refractivity contribution in [2.75, 3.05) is 31.5 Å². The largest absolute Gasteiger partial charge is 0.454 e. The molecular formula is C19H18N2O3. The van der Waals surface area contributed by atoms with Crippen molar-refractivity contribution < 1.29 is 14.2 Å². The molecule has 122 valence electrons. The summed E-state index contributed by atoms with van der Waals surface area (Å²) in [5, 5.41) is 9.16. The molecule has 0 saturated carbocycles. The van der Waals surface area contributed by atoms with E-state index in [4.69, 9.17) is 19.5 Å². The third-order valence-corrected chi connectivity index (χ3v) is 4.43. The summed E-state index contributed by atoms with van der Waals surface area (Å²) >= 11 is 0. The number of rotatable bonds is 1. The molecule has 5 nitrogen and oxygen atoms in total. The Morgan fingerprint density at radius 2 is 2.04 bits per heavy atom. The number of fused-ring (bicyclic) bond motifs is 2. The van der Waals surface area contributed by atoms with Gasteiger partial charge in [-0.05, 0) is 48.7 Å². The van der Waals surface area contributed by atoms with Gasteiger partial charge < -0.3 is 19.1 Å². The highest BCUT2D eigenvalue weighted by Crippen LogP contribution is 2.41. The van der Waals surface area contributed by atoms with E-state index in [1.807, 2.05) is 31.2 Å². The Kier molecular flexibility index (Phi) is 3.75. The topological polar surface area (TPSA) is 54.7 Å². The Hall–Kier alpha value is -2.71. The SMILES string of the molecule is Cc1cc(N2CCOCCc3cc(C#N)ccc32)cc2c1OCO2. The van der Waals surface area contributed by atoms with Crippen molar-refractivity contribution >= 4 is 11.4 Å². The molecule has 2 aliphatic heterocycles. The van der Waals surface area contributed by atoms with Crippen LogP contribution in [0.3, 0.4) is 0 Å². The molecule has 5 heteroatoms. The maximum absolute atomic E-state index is 9.16. The first-order chi connectivity index (χ1) is 11.8. The zero-order chi connectivity index (χ0) is 16.5. The fourth-order valence-electron chi connectivity index (χ4n) is 3.27. The monoisotopic (exact) mass is 322 g/mol. The summed E-state index contributed by atoms with van der Waals surface area (Å²) in [4.78, 5) is 2.23. The van der Waals surface area contributed by atoms with Crippen LogP contribution in [-0.2, 0) is 11.2 Å². The number of nitrogens with zero attached hydrogens (tertiary/aromatic N) is 2. The smallest absolute Gasteiger partial charge is 0.231 e. The highest BCUT2D eigenvalue weighted by molar-refractivity contribution is 5.71. The molecule has 0 radical (unpaired) electrons. The van der Waals surface area contributed by atoms with Gasteiger partial charge in [0.2, 0.25) is 6.79 Å². The van der Waals surface area contributed by atoms with Gasteiger partial charge in [0.15, 0.2) is 11.5 Å².